The fraction of sp³-hybridized carbons (Fsp3) is 0.370. The molecular weight excluding hydrogens is 447 g/mol. The number of halogens is 1. The Labute approximate surface area is 204 Å². The van der Waals surface area contributed by atoms with Crippen LogP contribution in [0, 0.1) is 5.82 Å². The van der Waals surface area contributed by atoms with Gasteiger partial charge in [0.15, 0.2) is 11.7 Å². The molecule has 1 aliphatic rings. The number of carbonyl (C=O) groups is 2. The highest BCUT2D eigenvalue weighted by Crippen LogP contribution is 2.24. The van der Waals surface area contributed by atoms with Crippen LogP contribution in [0.2, 0.25) is 0 Å². The standard InChI is InChI=1S/C27H31FN4O3/c1-2-8-23(27(34)30-19-9-7-10-20(17-19)32-15-5-6-16-32)31-25(33)13-14-26-29-18-24(35-26)21-11-3-4-12-22(21)28/h3-4,7,9-12,17-18,23H,2,5-6,8,13-16H2,1H3,(H,30,34)(H,31,33). The van der Waals surface area contributed by atoms with Gasteiger partial charge in [-0.1, -0.05) is 31.5 Å². The average Bonchev–Trinajstić information content (AvgIpc) is 3.56. The number of anilines is 2. The zero-order chi connectivity index (χ0) is 24.6. The number of aryl methyl sites for hydroxylation is 1. The van der Waals surface area contributed by atoms with Gasteiger partial charge in [0.1, 0.15) is 11.9 Å². The highest BCUT2D eigenvalue weighted by molar-refractivity contribution is 5.97. The minimum absolute atomic E-state index is 0.106. The molecule has 8 heteroatoms. The summed E-state index contributed by atoms with van der Waals surface area (Å²) in [5.74, 6) is -0.245. The molecular formula is C27H31FN4O3. The van der Waals surface area contributed by atoms with Crippen LogP contribution in [0.25, 0.3) is 11.3 Å². The molecule has 1 fully saturated rings. The van der Waals surface area contributed by atoms with E-state index in [1.165, 1.54) is 25.1 Å². The number of rotatable bonds is 10. The number of carbonyl (C=O) groups excluding carboxylic acids is 2. The van der Waals surface area contributed by atoms with Gasteiger partial charge in [-0.3, -0.25) is 9.59 Å². The van der Waals surface area contributed by atoms with Gasteiger partial charge in [0.25, 0.3) is 0 Å². The third-order valence-corrected chi connectivity index (χ3v) is 6.07. The van der Waals surface area contributed by atoms with Crippen LogP contribution in [-0.2, 0) is 16.0 Å². The smallest absolute Gasteiger partial charge is 0.246 e. The first kappa shape index (κ1) is 24.4. The van der Waals surface area contributed by atoms with Crippen molar-refractivity contribution in [3.05, 3.63) is 66.4 Å². The van der Waals surface area contributed by atoms with Crippen LogP contribution in [0.3, 0.4) is 0 Å². The molecule has 0 aliphatic carbocycles. The van der Waals surface area contributed by atoms with Crippen LogP contribution >= 0.6 is 0 Å². The fourth-order valence-corrected chi connectivity index (χ4v) is 4.24. The van der Waals surface area contributed by atoms with Gasteiger partial charge in [0.05, 0.1) is 11.8 Å². The largest absolute Gasteiger partial charge is 0.441 e. The van der Waals surface area contributed by atoms with Gasteiger partial charge in [-0.2, -0.15) is 0 Å². The van der Waals surface area contributed by atoms with E-state index in [4.69, 9.17) is 4.42 Å². The van der Waals surface area contributed by atoms with Crippen LogP contribution in [0.4, 0.5) is 15.8 Å². The number of oxazole rings is 1. The van der Waals surface area contributed by atoms with Crippen molar-refractivity contribution in [2.75, 3.05) is 23.3 Å². The van der Waals surface area contributed by atoms with Crippen molar-refractivity contribution in [1.82, 2.24) is 10.3 Å². The first-order valence-corrected chi connectivity index (χ1v) is 12.2. The number of aromatic nitrogens is 1. The van der Waals surface area contributed by atoms with E-state index in [1.807, 2.05) is 31.2 Å². The summed E-state index contributed by atoms with van der Waals surface area (Å²) in [4.78, 5) is 32.0. The van der Waals surface area contributed by atoms with Gasteiger partial charge >= 0.3 is 0 Å². The van der Waals surface area contributed by atoms with Gasteiger partial charge in [-0.15, -0.1) is 0 Å². The molecule has 1 unspecified atom stereocenters. The Balaban J connectivity index is 1.32. The molecule has 35 heavy (non-hydrogen) atoms. The lowest BCUT2D eigenvalue weighted by atomic mass is 10.1. The first-order chi connectivity index (χ1) is 17.0. The molecule has 2 aromatic carbocycles. The summed E-state index contributed by atoms with van der Waals surface area (Å²) in [5, 5.41) is 5.78. The minimum Gasteiger partial charge on any atom is -0.441 e. The molecule has 0 radical (unpaired) electrons. The normalized spacial score (nSPS) is 14.1. The third kappa shape index (κ3) is 6.47. The number of benzene rings is 2. The highest BCUT2D eigenvalue weighted by atomic mass is 19.1. The van der Waals surface area contributed by atoms with Crippen LogP contribution in [0.15, 0.2) is 59.1 Å². The van der Waals surface area contributed by atoms with Crippen LogP contribution in [-0.4, -0.2) is 35.9 Å². The van der Waals surface area contributed by atoms with Crippen LogP contribution < -0.4 is 15.5 Å². The highest BCUT2D eigenvalue weighted by Gasteiger charge is 2.21. The Bertz CT molecular complexity index is 1160. The quantitative estimate of drug-likeness (QED) is 0.431. The lowest BCUT2D eigenvalue weighted by Gasteiger charge is -2.20. The summed E-state index contributed by atoms with van der Waals surface area (Å²) in [6, 6.07) is 13.5. The summed E-state index contributed by atoms with van der Waals surface area (Å²) >= 11 is 0. The van der Waals surface area contributed by atoms with Crippen LogP contribution in [0.5, 0.6) is 0 Å². The van der Waals surface area contributed by atoms with E-state index in [-0.39, 0.29) is 24.7 Å². The van der Waals surface area contributed by atoms with Crippen molar-refractivity contribution in [3.63, 3.8) is 0 Å². The number of nitrogens with one attached hydrogen (secondary N) is 2. The van der Waals surface area contributed by atoms with Crippen molar-refractivity contribution in [1.29, 1.82) is 0 Å². The maximum atomic E-state index is 14.0. The molecule has 1 aliphatic heterocycles. The lowest BCUT2D eigenvalue weighted by Crippen LogP contribution is -2.43. The molecule has 0 spiro atoms. The van der Waals surface area contributed by atoms with E-state index < -0.39 is 11.9 Å². The Morgan fingerprint density at radius 3 is 2.71 bits per heavy atom. The van der Waals surface area contributed by atoms with Crippen molar-refractivity contribution in [2.24, 2.45) is 0 Å². The van der Waals surface area contributed by atoms with Gasteiger partial charge in [-0.25, -0.2) is 9.37 Å². The Kier molecular flexibility index (Phi) is 8.13. The number of amides is 2. The second kappa shape index (κ2) is 11.6. The molecule has 1 atom stereocenters. The molecule has 1 saturated heterocycles. The predicted molar refractivity (Wildman–Crippen MR) is 134 cm³/mol. The summed E-state index contributed by atoms with van der Waals surface area (Å²) in [5.41, 5.74) is 2.14. The second-order valence-corrected chi connectivity index (χ2v) is 8.74. The van der Waals surface area contributed by atoms with Crippen molar-refractivity contribution in [3.8, 4) is 11.3 Å². The van der Waals surface area contributed by atoms with E-state index in [0.717, 1.165) is 30.9 Å². The Morgan fingerprint density at radius 1 is 1.14 bits per heavy atom. The monoisotopic (exact) mass is 478 g/mol. The topological polar surface area (TPSA) is 87.5 Å². The summed E-state index contributed by atoms with van der Waals surface area (Å²) < 4.78 is 19.6. The predicted octanol–water partition coefficient (Wildman–Crippen LogP) is 4.94. The van der Waals surface area contributed by atoms with E-state index in [0.29, 0.717) is 23.6 Å². The molecule has 0 saturated carbocycles. The van der Waals surface area contributed by atoms with Gasteiger partial charge in [-0.05, 0) is 49.6 Å². The molecule has 2 heterocycles. The van der Waals surface area contributed by atoms with Crippen molar-refractivity contribution in [2.45, 2.75) is 51.5 Å². The van der Waals surface area contributed by atoms with Gasteiger partial charge in [0, 0.05) is 37.3 Å². The number of hydrogen-bond donors (Lipinski definition) is 2. The molecule has 7 nitrogen and oxygen atoms in total. The maximum Gasteiger partial charge on any atom is 0.246 e. The van der Waals surface area contributed by atoms with E-state index in [9.17, 15) is 14.0 Å². The minimum atomic E-state index is -0.638. The first-order valence-electron chi connectivity index (χ1n) is 12.2. The zero-order valence-corrected chi connectivity index (χ0v) is 19.9. The zero-order valence-electron chi connectivity index (χ0n) is 19.9. The molecule has 4 rings (SSSR count). The Hall–Kier alpha value is -3.68. The van der Waals surface area contributed by atoms with Gasteiger partial charge < -0.3 is 20.0 Å². The van der Waals surface area contributed by atoms with E-state index in [2.05, 4.69) is 20.5 Å². The van der Waals surface area contributed by atoms with Crippen molar-refractivity contribution >= 4 is 23.2 Å². The van der Waals surface area contributed by atoms with E-state index >= 15 is 0 Å². The lowest BCUT2D eigenvalue weighted by molar-refractivity contribution is -0.126. The summed E-state index contributed by atoms with van der Waals surface area (Å²) in [7, 11) is 0. The third-order valence-electron chi connectivity index (χ3n) is 6.07. The molecule has 184 valence electrons. The molecule has 2 N–H and O–H groups in total. The van der Waals surface area contributed by atoms with Gasteiger partial charge in [0.2, 0.25) is 11.8 Å². The summed E-state index contributed by atoms with van der Waals surface area (Å²) in [6.07, 6.45) is 5.44. The Morgan fingerprint density at radius 2 is 1.94 bits per heavy atom. The fourth-order valence-electron chi connectivity index (χ4n) is 4.24. The second-order valence-electron chi connectivity index (χ2n) is 8.74. The van der Waals surface area contributed by atoms with E-state index in [1.54, 1.807) is 18.2 Å². The SMILES string of the molecule is CCCC(NC(=O)CCc1ncc(-c2ccccc2F)o1)C(=O)Nc1cccc(N2CCCC2)c1. The average molecular weight is 479 g/mol. The maximum absolute atomic E-state index is 14.0. The molecule has 0 bridgehead atoms. The molecule has 2 amide bonds. The van der Waals surface area contributed by atoms with Crippen molar-refractivity contribution < 1.29 is 18.4 Å². The molecule has 1 aromatic heterocycles. The number of hydrogen-bond acceptors (Lipinski definition) is 5. The number of nitrogens with zero attached hydrogens (tertiary/aromatic N) is 2. The summed E-state index contributed by atoms with van der Waals surface area (Å²) in [6.45, 7) is 4.02. The van der Waals surface area contributed by atoms with Crippen LogP contribution in [0.1, 0.15) is 44.9 Å². The molecule has 3 aromatic rings.